The van der Waals surface area contributed by atoms with Gasteiger partial charge in [0, 0.05) is 37.2 Å². The maximum Gasteiger partial charge on any atom is 0.135 e. The minimum Gasteiger partial charge on any atom is -0.456 e. The third-order valence-corrected chi connectivity index (χ3v) is 8.15. The van der Waals surface area contributed by atoms with Crippen molar-refractivity contribution in [1.29, 1.82) is 0 Å². The molecule has 3 heteroatoms. The number of furan rings is 1. The zero-order valence-corrected chi connectivity index (χ0v) is 20.0. The Morgan fingerprint density at radius 1 is 0.500 bits per heavy atom. The molecule has 8 aromatic rings. The van der Waals surface area contributed by atoms with Crippen molar-refractivity contribution < 1.29 is 4.42 Å². The second-order valence-corrected chi connectivity index (χ2v) is 10.2. The highest BCUT2D eigenvalue weighted by Gasteiger charge is 2.15. The van der Waals surface area contributed by atoms with Crippen molar-refractivity contribution in [2.75, 3.05) is 0 Å². The highest BCUT2D eigenvalue weighted by molar-refractivity contribution is 7.25. The molecule has 0 aliphatic carbocycles. The van der Waals surface area contributed by atoms with Crippen LogP contribution in [-0.4, -0.2) is 4.98 Å². The van der Waals surface area contributed by atoms with Crippen LogP contribution in [0, 0.1) is 0 Å². The van der Waals surface area contributed by atoms with Gasteiger partial charge in [0.2, 0.25) is 0 Å². The third-order valence-electron chi connectivity index (χ3n) is 7.09. The number of benzene rings is 5. The summed E-state index contributed by atoms with van der Waals surface area (Å²) < 4.78 is 7.32. The topological polar surface area (TPSA) is 26.0 Å². The predicted molar refractivity (Wildman–Crippen MR) is 153 cm³/mol. The number of hydrogen-bond donors (Lipinski definition) is 0. The van der Waals surface area contributed by atoms with Gasteiger partial charge in [0.15, 0.2) is 0 Å². The van der Waals surface area contributed by atoms with Crippen LogP contribution < -0.4 is 0 Å². The first-order valence-corrected chi connectivity index (χ1v) is 12.9. The number of para-hydroxylation sites is 1. The van der Waals surface area contributed by atoms with E-state index in [4.69, 9.17) is 9.40 Å². The molecule has 0 aliphatic heterocycles. The number of pyridine rings is 1. The predicted octanol–water partition coefficient (Wildman–Crippen LogP) is 9.84. The van der Waals surface area contributed by atoms with Crippen LogP contribution in [0.5, 0.6) is 0 Å². The lowest BCUT2D eigenvalue weighted by atomic mass is 9.97. The fraction of sp³-hybridized carbons (Fsp3) is 0. The summed E-state index contributed by atoms with van der Waals surface area (Å²) in [5.74, 6) is 0. The lowest BCUT2D eigenvalue weighted by molar-refractivity contribution is 0.669. The summed E-state index contributed by atoms with van der Waals surface area (Å²) in [5.41, 5.74) is 6.33. The van der Waals surface area contributed by atoms with E-state index in [0.29, 0.717) is 0 Å². The molecule has 2 nitrogen and oxygen atoms in total. The number of hydrogen-bond acceptors (Lipinski definition) is 3. The molecule has 3 heterocycles. The zero-order valence-electron chi connectivity index (χ0n) is 19.2. The van der Waals surface area contributed by atoms with Gasteiger partial charge < -0.3 is 4.42 Å². The second kappa shape index (κ2) is 7.51. The van der Waals surface area contributed by atoms with Crippen molar-refractivity contribution in [1.82, 2.24) is 4.98 Å². The molecule has 0 N–H and O–H groups in total. The number of nitrogens with zero attached hydrogens (tertiary/aromatic N) is 1. The smallest absolute Gasteiger partial charge is 0.135 e. The Labute approximate surface area is 211 Å². The maximum absolute atomic E-state index is 6.04. The van der Waals surface area contributed by atoms with Gasteiger partial charge in [-0.3, -0.25) is 0 Å². The Balaban J connectivity index is 1.35. The average Bonchev–Trinajstić information content (AvgIpc) is 3.50. The normalized spacial score (nSPS) is 11.9. The van der Waals surface area contributed by atoms with E-state index in [9.17, 15) is 0 Å². The van der Waals surface area contributed by atoms with Gasteiger partial charge in [0.25, 0.3) is 0 Å². The molecule has 0 spiro atoms. The van der Waals surface area contributed by atoms with E-state index in [1.54, 1.807) is 11.3 Å². The monoisotopic (exact) mass is 477 g/mol. The van der Waals surface area contributed by atoms with Crippen LogP contribution in [0.2, 0.25) is 0 Å². The molecule has 0 atom stereocenters. The first-order chi connectivity index (χ1) is 17.8. The molecule has 3 aromatic heterocycles. The Morgan fingerprint density at radius 3 is 2.11 bits per heavy atom. The van der Waals surface area contributed by atoms with E-state index in [1.165, 1.54) is 37.4 Å². The largest absolute Gasteiger partial charge is 0.456 e. The summed E-state index contributed by atoms with van der Waals surface area (Å²) in [6.07, 6.45) is 0. The van der Waals surface area contributed by atoms with Crippen LogP contribution in [-0.2, 0) is 0 Å². The van der Waals surface area contributed by atoms with Gasteiger partial charge in [-0.05, 0) is 46.8 Å². The van der Waals surface area contributed by atoms with Gasteiger partial charge in [-0.25, -0.2) is 4.98 Å². The molecular weight excluding hydrogens is 458 g/mol. The summed E-state index contributed by atoms with van der Waals surface area (Å²) in [7, 11) is 0. The summed E-state index contributed by atoms with van der Waals surface area (Å²) in [5, 5.41) is 7.26. The first kappa shape index (κ1) is 19.8. The molecule has 0 aliphatic rings. The van der Waals surface area contributed by atoms with E-state index in [0.717, 1.165) is 38.0 Å². The van der Waals surface area contributed by atoms with Crippen LogP contribution in [0.4, 0.5) is 0 Å². The van der Waals surface area contributed by atoms with Crippen LogP contribution in [0.1, 0.15) is 0 Å². The Morgan fingerprint density at radius 2 is 1.19 bits per heavy atom. The highest BCUT2D eigenvalue weighted by atomic mass is 32.1. The number of fused-ring (bicyclic) bond motifs is 8. The van der Waals surface area contributed by atoms with Crippen molar-refractivity contribution in [2.45, 2.75) is 0 Å². The maximum atomic E-state index is 6.04. The molecule has 0 fully saturated rings. The van der Waals surface area contributed by atoms with E-state index in [1.807, 2.05) is 12.1 Å². The Bertz CT molecular complexity index is 2110. The van der Waals surface area contributed by atoms with Gasteiger partial charge in [0.05, 0.1) is 5.69 Å². The molecular formula is C33H19NOS. The van der Waals surface area contributed by atoms with Crippen LogP contribution in [0.3, 0.4) is 0 Å². The summed E-state index contributed by atoms with van der Waals surface area (Å²) in [4.78, 5) is 6.32. The summed E-state index contributed by atoms with van der Waals surface area (Å²) >= 11 is 1.77. The van der Waals surface area contributed by atoms with Crippen molar-refractivity contribution in [3.63, 3.8) is 0 Å². The van der Waals surface area contributed by atoms with Crippen molar-refractivity contribution in [2.24, 2.45) is 0 Å². The van der Waals surface area contributed by atoms with Crippen molar-refractivity contribution in [3.8, 4) is 22.4 Å². The molecule has 0 amide bonds. The molecule has 0 bridgehead atoms. The van der Waals surface area contributed by atoms with E-state index < -0.39 is 0 Å². The van der Waals surface area contributed by atoms with Crippen LogP contribution >= 0.6 is 11.3 Å². The molecule has 0 saturated heterocycles. The molecule has 8 rings (SSSR count). The molecule has 0 saturated carbocycles. The van der Waals surface area contributed by atoms with Gasteiger partial charge in [-0.2, -0.15) is 0 Å². The van der Waals surface area contributed by atoms with E-state index >= 15 is 0 Å². The molecule has 36 heavy (non-hydrogen) atoms. The highest BCUT2D eigenvalue weighted by Crippen LogP contribution is 2.41. The molecule has 5 aromatic carbocycles. The van der Waals surface area contributed by atoms with Gasteiger partial charge >= 0.3 is 0 Å². The number of aromatic nitrogens is 1. The first-order valence-electron chi connectivity index (χ1n) is 12.1. The summed E-state index contributed by atoms with van der Waals surface area (Å²) in [6.45, 7) is 0. The minimum absolute atomic E-state index is 0.916. The van der Waals surface area contributed by atoms with Gasteiger partial charge in [-0.15, -0.1) is 11.3 Å². The average molecular weight is 478 g/mol. The lowest BCUT2D eigenvalue weighted by Crippen LogP contribution is -1.88. The lowest BCUT2D eigenvalue weighted by Gasteiger charge is -2.10. The SMILES string of the molecule is c1cc(-c2ccc3oc4ccccc4c3c2)cc(-c2nc3sc4ccccc4c3c3ccccc23)c1. The van der Waals surface area contributed by atoms with E-state index in [-0.39, 0.29) is 0 Å². The summed E-state index contributed by atoms with van der Waals surface area (Å²) in [6, 6.07) is 40.7. The standard InChI is InChI=1S/C33H19NOS/c1-2-12-25-24(11-1)31-26-13-4-6-15-30(26)36-33(31)34-32(25)22-9-7-8-20(18-22)21-16-17-29-27(19-21)23-10-3-5-14-28(23)35-29/h1-19H. The van der Waals surface area contributed by atoms with Crippen molar-refractivity contribution in [3.05, 3.63) is 115 Å². The fourth-order valence-electron chi connectivity index (χ4n) is 5.41. The minimum atomic E-state index is 0.916. The second-order valence-electron chi connectivity index (χ2n) is 9.17. The molecule has 168 valence electrons. The van der Waals surface area contributed by atoms with Crippen LogP contribution in [0.15, 0.2) is 120 Å². The third kappa shape index (κ3) is 2.87. The van der Waals surface area contributed by atoms with Gasteiger partial charge in [-0.1, -0.05) is 84.9 Å². The Hall–Kier alpha value is -4.47. The van der Waals surface area contributed by atoms with Gasteiger partial charge in [0.1, 0.15) is 16.0 Å². The Kier molecular flexibility index (Phi) is 4.13. The fourth-order valence-corrected chi connectivity index (χ4v) is 6.51. The quantitative estimate of drug-likeness (QED) is 0.248. The zero-order chi connectivity index (χ0) is 23.6. The molecule has 0 unspecified atom stereocenters. The van der Waals surface area contributed by atoms with Crippen LogP contribution in [0.25, 0.3) is 75.4 Å². The van der Waals surface area contributed by atoms with E-state index in [2.05, 4.69) is 103 Å². The molecule has 0 radical (unpaired) electrons. The number of rotatable bonds is 2. The van der Waals surface area contributed by atoms with Crippen molar-refractivity contribution >= 4 is 64.4 Å². The number of thiophene rings is 1.